The average Bonchev–Trinajstić information content (AvgIpc) is 2.33. The molecule has 3 nitrogen and oxygen atoms in total. The standard InChI is InChI=1S/C14H19ClO3/c1-9-5-12(17-3)6-10(2)13(9)7-11(15)8-14(16)18-4/h5-6,11H,7-8H2,1-4H3. The summed E-state index contributed by atoms with van der Waals surface area (Å²) < 4.78 is 9.82. The number of halogens is 1. The van der Waals surface area contributed by atoms with Crippen LogP contribution in [0, 0.1) is 13.8 Å². The van der Waals surface area contributed by atoms with Gasteiger partial charge in [0, 0.05) is 5.38 Å². The minimum Gasteiger partial charge on any atom is -0.497 e. The molecule has 0 heterocycles. The summed E-state index contributed by atoms with van der Waals surface area (Å²) >= 11 is 6.17. The van der Waals surface area contributed by atoms with E-state index in [1.165, 1.54) is 12.7 Å². The molecule has 0 radical (unpaired) electrons. The van der Waals surface area contributed by atoms with Crippen LogP contribution in [0.5, 0.6) is 5.75 Å². The van der Waals surface area contributed by atoms with E-state index in [0.717, 1.165) is 16.9 Å². The van der Waals surface area contributed by atoms with Gasteiger partial charge in [0.1, 0.15) is 5.75 Å². The van der Waals surface area contributed by atoms with E-state index in [0.29, 0.717) is 6.42 Å². The van der Waals surface area contributed by atoms with Crippen molar-refractivity contribution in [3.8, 4) is 5.75 Å². The van der Waals surface area contributed by atoms with Gasteiger partial charge in [0.25, 0.3) is 0 Å². The highest BCUT2D eigenvalue weighted by Gasteiger charge is 2.15. The van der Waals surface area contributed by atoms with Crippen molar-refractivity contribution in [2.24, 2.45) is 0 Å². The van der Waals surface area contributed by atoms with Crippen LogP contribution in [-0.4, -0.2) is 25.6 Å². The zero-order chi connectivity index (χ0) is 13.7. The lowest BCUT2D eigenvalue weighted by Crippen LogP contribution is -2.13. The molecule has 1 aromatic carbocycles. The van der Waals surface area contributed by atoms with Crippen molar-refractivity contribution in [1.29, 1.82) is 0 Å². The van der Waals surface area contributed by atoms with Gasteiger partial charge in [-0.15, -0.1) is 11.6 Å². The molecule has 18 heavy (non-hydrogen) atoms. The molecule has 0 aliphatic carbocycles. The number of esters is 1. The third-order valence-electron chi connectivity index (χ3n) is 2.95. The maximum Gasteiger partial charge on any atom is 0.307 e. The van der Waals surface area contributed by atoms with Gasteiger partial charge in [-0.05, 0) is 49.1 Å². The average molecular weight is 271 g/mol. The lowest BCUT2D eigenvalue weighted by Gasteiger charge is -2.15. The Hall–Kier alpha value is -1.22. The monoisotopic (exact) mass is 270 g/mol. The van der Waals surface area contributed by atoms with Crippen LogP contribution < -0.4 is 4.74 Å². The number of methoxy groups -OCH3 is 2. The predicted octanol–water partition coefficient (Wildman–Crippen LogP) is 3.03. The fourth-order valence-corrected chi connectivity index (χ4v) is 2.23. The number of alkyl halides is 1. The van der Waals surface area contributed by atoms with E-state index in [1.807, 2.05) is 26.0 Å². The smallest absolute Gasteiger partial charge is 0.307 e. The van der Waals surface area contributed by atoms with E-state index in [-0.39, 0.29) is 17.8 Å². The zero-order valence-electron chi connectivity index (χ0n) is 11.2. The fourth-order valence-electron chi connectivity index (χ4n) is 1.95. The largest absolute Gasteiger partial charge is 0.497 e. The van der Waals surface area contributed by atoms with E-state index in [2.05, 4.69) is 4.74 Å². The molecule has 0 saturated carbocycles. The molecule has 1 aromatic rings. The van der Waals surface area contributed by atoms with Gasteiger partial charge in [-0.3, -0.25) is 4.79 Å². The molecule has 1 atom stereocenters. The Morgan fingerprint density at radius 2 is 1.83 bits per heavy atom. The first-order chi connectivity index (χ1) is 8.47. The van der Waals surface area contributed by atoms with Gasteiger partial charge in [0.15, 0.2) is 0 Å². The molecule has 100 valence electrons. The van der Waals surface area contributed by atoms with Gasteiger partial charge in [-0.1, -0.05) is 0 Å². The Balaban J connectivity index is 2.81. The summed E-state index contributed by atoms with van der Waals surface area (Å²) in [5, 5.41) is -0.247. The van der Waals surface area contributed by atoms with Crippen LogP contribution in [0.2, 0.25) is 0 Å². The topological polar surface area (TPSA) is 35.5 Å². The van der Waals surface area contributed by atoms with Gasteiger partial charge in [-0.25, -0.2) is 0 Å². The van der Waals surface area contributed by atoms with E-state index in [1.54, 1.807) is 7.11 Å². The van der Waals surface area contributed by atoms with Crippen LogP contribution in [-0.2, 0) is 16.0 Å². The van der Waals surface area contributed by atoms with Crippen LogP contribution in [0.25, 0.3) is 0 Å². The summed E-state index contributed by atoms with van der Waals surface area (Å²) in [7, 11) is 3.02. The van der Waals surface area contributed by atoms with Crippen molar-refractivity contribution in [3.05, 3.63) is 28.8 Å². The molecule has 1 rings (SSSR count). The number of aryl methyl sites for hydroxylation is 2. The van der Waals surface area contributed by atoms with E-state index >= 15 is 0 Å². The first-order valence-electron chi connectivity index (χ1n) is 5.83. The fraction of sp³-hybridized carbons (Fsp3) is 0.500. The number of benzene rings is 1. The molecule has 0 N–H and O–H groups in total. The number of hydrogen-bond donors (Lipinski definition) is 0. The molecule has 0 aromatic heterocycles. The maximum absolute atomic E-state index is 11.2. The van der Waals surface area contributed by atoms with Crippen molar-refractivity contribution < 1.29 is 14.3 Å². The second-order valence-corrected chi connectivity index (χ2v) is 4.94. The van der Waals surface area contributed by atoms with Crippen molar-refractivity contribution in [3.63, 3.8) is 0 Å². The van der Waals surface area contributed by atoms with Crippen molar-refractivity contribution >= 4 is 17.6 Å². The number of carbonyl (C=O) groups is 1. The van der Waals surface area contributed by atoms with Crippen LogP contribution in [0.4, 0.5) is 0 Å². The van der Waals surface area contributed by atoms with E-state index in [4.69, 9.17) is 16.3 Å². The van der Waals surface area contributed by atoms with E-state index < -0.39 is 0 Å². The quantitative estimate of drug-likeness (QED) is 0.609. The molecule has 0 amide bonds. The Kier molecular flexibility index (Phi) is 5.48. The molecular formula is C14H19ClO3. The summed E-state index contributed by atoms with van der Waals surface area (Å²) in [6.45, 7) is 4.04. The first-order valence-corrected chi connectivity index (χ1v) is 6.26. The molecular weight excluding hydrogens is 252 g/mol. The van der Waals surface area contributed by atoms with E-state index in [9.17, 15) is 4.79 Å². The van der Waals surface area contributed by atoms with Crippen LogP contribution in [0.1, 0.15) is 23.1 Å². The highest BCUT2D eigenvalue weighted by molar-refractivity contribution is 6.21. The third-order valence-corrected chi connectivity index (χ3v) is 3.26. The van der Waals surface area contributed by atoms with Crippen molar-refractivity contribution in [2.45, 2.75) is 32.1 Å². The Morgan fingerprint density at radius 3 is 2.28 bits per heavy atom. The number of rotatable bonds is 5. The summed E-state index contributed by atoms with van der Waals surface area (Å²) in [6, 6.07) is 3.95. The third kappa shape index (κ3) is 3.91. The zero-order valence-corrected chi connectivity index (χ0v) is 12.0. The molecule has 0 bridgehead atoms. The summed E-state index contributed by atoms with van der Waals surface area (Å²) in [6.07, 6.45) is 0.876. The van der Waals surface area contributed by atoms with Gasteiger partial charge >= 0.3 is 5.97 Å². The minimum absolute atomic E-state index is 0.225. The second kappa shape index (κ2) is 6.64. The first kappa shape index (κ1) is 14.8. The molecule has 0 aliphatic rings. The van der Waals surface area contributed by atoms with Gasteiger partial charge in [0.05, 0.1) is 20.6 Å². The van der Waals surface area contributed by atoms with Gasteiger partial charge in [-0.2, -0.15) is 0 Å². The maximum atomic E-state index is 11.2. The summed E-state index contributed by atoms with van der Waals surface area (Å²) in [5.41, 5.74) is 3.42. The number of carbonyl (C=O) groups excluding carboxylic acids is 1. The molecule has 0 fully saturated rings. The second-order valence-electron chi connectivity index (χ2n) is 4.32. The number of hydrogen-bond acceptors (Lipinski definition) is 3. The predicted molar refractivity (Wildman–Crippen MR) is 72.4 cm³/mol. The van der Waals surface area contributed by atoms with Crippen molar-refractivity contribution in [2.75, 3.05) is 14.2 Å². The summed E-state index contributed by atoms with van der Waals surface area (Å²) in [5.74, 6) is 0.562. The van der Waals surface area contributed by atoms with Gasteiger partial charge in [0.2, 0.25) is 0 Å². The Labute approximate surface area is 113 Å². The Morgan fingerprint density at radius 1 is 1.28 bits per heavy atom. The van der Waals surface area contributed by atoms with Gasteiger partial charge < -0.3 is 9.47 Å². The molecule has 4 heteroatoms. The van der Waals surface area contributed by atoms with Crippen LogP contribution >= 0.6 is 11.6 Å². The minimum atomic E-state index is -0.279. The highest BCUT2D eigenvalue weighted by atomic mass is 35.5. The highest BCUT2D eigenvalue weighted by Crippen LogP contribution is 2.24. The molecule has 0 aliphatic heterocycles. The molecule has 0 spiro atoms. The normalized spacial score (nSPS) is 12.1. The number of ether oxygens (including phenoxy) is 2. The van der Waals surface area contributed by atoms with Crippen molar-refractivity contribution in [1.82, 2.24) is 0 Å². The van der Waals surface area contributed by atoms with Crippen LogP contribution in [0.3, 0.4) is 0 Å². The lowest BCUT2D eigenvalue weighted by molar-refractivity contribution is -0.140. The van der Waals surface area contributed by atoms with Crippen LogP contribution in [0.15, 0.2) is 12.1 Å². The SMILES string of the molecule is COC(=O)CC(Cl)Cc1c(C)cc(OC)cc1C. The molecule has 1 unspecified atom stereocenters. The molecule has 0 saturated heterocycles. The Bertz CT molecular complexity index is 406. The summed E-state index contributed by atoms with van der Waals surface area (Å²) in [4.78, 5) is 11.2. The lowest BCUT2D eigenvalue weighted by atomic mass is 9.97.